The number of hydrogen-bond acceptors (Lipinski definition) is 3. The molecule has 7 heteroatoms. The van der Waals surface area contributed by atoms with E-state index in [4.69, 9.17) is 21.1 Å². The summed E-state index contributed by atoms with van der Waals surface area (Å²) in [4.78, 5) is 18.6. The maximum absolute atomic E-state index is 13.3. The summed E-state index contributed by atoms with van der Waals surface area (Å²) in [6, 6.07) is 20.7. The lowest BCUT2D eigenvalue weighted by molar-refractivity contribution is 0.135. The molecular formula is C25H22ClN2O3P. The Hall–Kier alpha value is -3.01. The molecule has 162 valence electrons. The van der Waals surface area contributed by atoms with Crippen LogP contribution in [0.25, 0.3) is 10.9 Å². The van der Waals surface area contributed by atoms with Crippen molar-refractivity contribution in [1.82, 2.24) is 9.88 Å². The maximum atomic E-state index is 13.3. The molecule has 32 heavy (non-hydrogen) atoms. The molecule has 5 rings (SSSR count). The van der Waals surface area contributed by atoms with E-state index < -0.39 is 6.09 Å². The average Bonchev–Trinajstić information content (AvgIpc) is 3.18. The lowest BCUT2D eigenvalue weighted by Gasteiger charge is -2.35. The highest BCUT2D eigenvalue weighted by Crippen LogP contribution is 2.39. The van der Waals surface area contributed by atoms with Gasteiger partial charge in [0.25, 0.3) is 0 Å². The van der Waals surface area contributed by atoms with Gasteiger partial charge in [-0.15, -0.1) is 9.24 Å². The lowest BCUT2D eigenvalue weighted by Crippen LogP contribution is -2.42. The first-order valence-electron chi connectivity index (χ1n) is 10.3. The molecule has 2 unspecified atom stereocenters. The summed E-state index contributed by atoms with van der Waals surface area (Å²) < 4.78 is 11.1. The summed E-state index contributed by atoms with van der Waals surface area (Å²) in [5, 5.41) is 2.80. The highest BCUT2D eigenvalue weighted by Gasteiger charge is 2.35. The summed E-state index contributed by atoms with van der Waals surface area (Å²) in [6.07, 6.45) is 0.324. The molecule has 3 aromatic carbocycles. The zero-order chi connectivity index (χ0) is 22.2. The Morgan fingerprint density at radius 3 is 2.50 bits per heavy atom. The topological polar surface area (TPSA) is 54.6 Å². The standard InChI is InChI=1S/C25H22ClN2O3P/c1-30-18-8-11-22-21(14-18)20-12-13-28(25(29)31-17-6-4-16(26)5-7-17)24(23(20)27-22)15-2-9-19(32)10-3-15/h2-11,14,24,27H,12-13,32H2,1H3. The average molecular weight is 465 g/mol. The van der Waals surface area contributed by atoms with Crippen LogP contribution in [0.2, 0.25) is 5.02 Å². The SMILES string of the molecule is COc1ccc2[nH]c3c(c2c1)CCN(C(=O)Oc1ccc(Cl)cc1)C3c1ccc(P)cc1. The van der Waals surface area contributed by atoms with Crippen LogP contribution < -0.4 is 14.8 Å². The molecule has 4 aromatic rings. The van der Waals surface area contributed by atoms with Gasteiger partial charge in [0.15, 0.2) is 0 Å². The van der Waals surface area contributed by atoms with Gasteiger partial charge < -0.3 is 14.5 Å². The van der Waals surface area contributed by atoms with Gasteiger partial charge >= 0.3 is 6.09 Å². The number of aromatic amines is 1. The minimum absolute atomic E-state index is 0.289. The molecule has 0 spiro atoms. The predicted octanol–water partition coefficient (Wildman–Crippen LogP) is 5.48. The van der Waals surface area contributed by atoms with E-state index in [0.717, 1.165) is 39.6 Å². The van der Waals surface area contributed by atoms with Gasteiger partial charge in [0.1, 0.15) is 17.5 Å². The molecule has 1 aliphatic rings. The Kier molecular flexibility index (Phi) is 5.54. The Morgan fingerprint density at radius 2 is 1.78 bits per heavy atom. The van der Waals surface area contributed by atoms with E-state index in [-0.39, 0.29) is 6.04 Å². The van der Waals surface area contributed by atoms with Crippen molar-refractivity contribution in [2.24, 2.45) is 0 Å². The third-order valence-electron chi connectivity index (χ3n) is 5.84. The zero-order valence-corrected chi connectivity index (χ0v) is 19.4. The minimum Gasteiger partial charge on any atom is -0.497 e. The molecule has 1 amide bonds. The van der Waals surface area contributed by atoms with Crippen molar-refractivity contribution < 1.29 is 14.3 Å². The van der Waals surface area contributed by atoms with Crippen molar-refractivity contribution in [1.29, 1.82) is 0 Å². The summed E-state index contributed by atoms with van der Waals surface area (Å²) >= 11 is 5.96. The number of carbonyl (C=O) groups is 1. The number of nitrogens with one attached hydrogen (secondary N) is 1. The van der Waals surface area contributed by atoms with Crippen LogP contribution in [0.3, 0.4) is 0 Å². The van der Waals surface area contributed by atoms with E-state index in [9.17, 15) is 4.79 Å². The van der Waals surface area contributed by atoms with Gasteiger partial charge in [-0.25, -0.2) is 4.79 Å². The van der Waals surface area contributed by atoms with E-state index in [1.54, 1.807) is 36.3 Å². The van der Waals surface area contributed by atoms with Crippen molar-refractivity contribution in [2.45, 2.75) is 12.5 Å². The summed E-state index contributed by atoms with van der Waals surface area (Å²) in [6.45, 7) is 0.539. The fraction of sp³-hybridized carbons (Fsp3) is 0.160. The Morgan fingerprint density at radius 1 is 1.06 bits per heavy atom. The number of H-pyrrole nitrogens is 1. The number of ether oxygens (including phenoxy) is 2. The van der Waals surface area contributed by atoms with Crippen LogP contribution in [0.5, 0.6) is 11.5 Å². The summed E-state index contributed by atoms with van der Waals surface area (Å²) in [7, 11) is 4.37. The van der Waals surface area contributed by atoms with Crippen molar-refractivity contribution in [3.05, 3.63) is 88.6 Å². The molecule has 2 atom stereocenters. The molecule has 0 fully saturated rings. The Balaban J connectivity index is 1.57. The number of amides is 1. The van der Waals surface area contributed by atoms with Gasteiger partial charge in [-0.05, 0) is 65.3 Å². The number of rotatable bonds is 3. The minimum atomic E-state index is -0.394. The molecule has 2 heterocycles. The first kappa shape index (κ1) is 20.9. The summed E-state index contributed by atoms with van der Waals surface area (Å²) in [5.41, 5.74) is 4.25. The van der Waals surface area contributed by atoms with Gasteiger partial charge in [0, 0.05) is 28.2 Å². The Bertz CT molecular complexity index is 1290. The normalized spacial score (nSPS) is 15.5. The third-order valence-corrected chi connectivity index (χ3v) is 6.48. The summed E-state index contributed by atoms with van der Waals surface area (Å²) in [5.74, 6) is 1.28. The van der Waals surface area contributed by atoms with Crippen LogP contribution in [0, 0.1) is 0 Å². The molecule has 5 nitrogen and oxygen atoms in total. The van der Waals surface area contributed by atoms with Crippen LogP contribution in [0.15, 0.2) is 66.7 Å². The van der Waals surface area contributed by atoms with E-state index in [1.807, 2.05) is 24.3 Å². The van der Waals surface area contributed by atoms with E-state index in [1.165, 1.54) is 5.56 Å². The monoisotopic (exact) mass is 464 g/mol. The van der Waals surface area contributed by atoms with Crippen molar-refractivity contribution in [3.8, 4) is 11.5 Å². The maximum Gasteiger partial charge on any atom is 0.416 e. The predicted molar refractivity (Wildman–Crippen MR) is 130 cm³/mol. The van der Waals surface area contributed by atoms with Gasteiger partial charge in [0.05, 0.1) is 7.11 Å². The third kappa shape index (κ3) is 3.83. The Labute approximate surface area is 193 Å². The number of aromatic nitrogens is 1. The van der Waals surface area contributed by atoms with E-state index in [2.05, 4.69) is 32.4 Å². The van der Waals surface area contributed by atoms with E-state index >= 15 is 0 Å². The highest BCUT2D eigenvalue weighted by molar-refractivity contribution is 7.27. The smallest absolute Gasteiger partial charge is 0.416 e. The molecular weight excluding hydrogens is 443 g/mol. The van der Waals surface area contributed by atoms with Crippen LogP contribution in [0.4, 0.5) is 4.79 Å². The quantitative estimate of drug-likeness (QED) is 0.409. The van der Waals surface area contributed by atoms with Crippen molar-refractivity contribution >= 4 is 43.1 Å². The van der Waals surface area contributed by atoms with E-state index in [0.29, 0.717) is 17.3 Å². The first-order valence-corrected chi connectivity index (χ1v) is 11.3. The second-order valence-electron chi connectivity index (χ2n) is 7.76. The number of nitrogens with zero attached hydrogens (tertiary/aromatic N) is 1. The number of hydrogen-bond donors (Lipinski definition) is 1. The van der Waals surface area contributed by atoms with Gasteiger partial charge in [0.2, 0.25) is 0 Å². The molecule has 0 bridgehead atoms. The van der Waals surface area contributed by atoms with Crippen molar-refractivity contribution in [2.75, 3.05) is 13.7 Å². The van der Waals surface area contributed by atoms with Crippen LogP contribution in [-0.4, -0.2) is 29.6 Å². The second kappa shape index (κ2) is 8.50. The van der Waals surface area contributed by atoms with Gasteiger partial charge in [-0.1, -0.05) is 35.9 Å². The molecule has 0 saturated heterocycles. The molecule has 0 aliphatic carbocycles. The fourth-order valence-electron chi connectivity index (χ4n) is 4.28. The lowest BCUT2D eigenvalue weighted by atomic mass is 9.92. The van der Waals surface area contributed by atoms with Crippen LogP contribution in [-0.2, 0) is 6.42 Å². The number of benzene rings is 3. The molecule has 1 aliphatic heterocycles. The number of halogens is 1. The molecule has 0 radical (unpaired) electrons. The van der Waals surface area contributed by atoms with Crippen LogP contribution in [0.1, 0.15) is 22.9 Å². The zero-order valence-electron chi connectivity index (χ0n) is 17.5. The van der Waals surface area contributed by atoms with Crippen LogP contribution >= 0.6 is 20.8 Å². The molecule has 1 aromatic heterocycles. The highest BCUT2D eigenvalue weighted by atomic mass is 35.5. The molecule has 0 saturated carbocycles. The number of methoxy groups -OCH3 is 1. The molecule has 1 N–H and O–H groups in total. The first-order chi connectivity index (χ1) is 15.5. The number of carbonyl (C=O) groups excluding carboxylic acids is 1. The number of fused-ring (bicyclic) bond motifs is 3. The van der Waals surface area contributed by atoms with Gasteiger partial charge in [-0.3, -0.25) is 4.90 Å². The fourth-order valence-corrected chi connectivity index (χ4v) is 4.60. The van der Waals surface area contributed by atoms with Crippen molar-refractivity contribution in [3.63, 3.8) is 0 Å². The largest absolute Gasteiger partial charge is 0.497 e. The second-order valence-corrected chi connectivity index (χ2v) is 8.87. The van der Waals surface area contributed by atoms with Gasteiger partial charge in [-0.2, -0.15) is 0 Å².